The number of rotatable bonds is 49. The van der Waals surface area contributed by atoms with E-state index in [-0.39, 0.29) is 90.7 Å². The van der Waals surface area contributed by atoms with Crippen molar-refractivity contribution in [2.24, 2.45) is 11.3 Å². The van der Waals surface area contributed by atoms with Crippen molar-refractivity contribution in [3.63, 3.8) is 0 Å². The first-order chi connectivity index (χ1) is 53.7. The molecule has 0 saturated carbocycles. The van der Waals surface area contributed by atoms with Crippen molar-refractivity contribution >= 4 is 17.7 Å². The second-order valence-electron chi connectivity index (χ2n) is 29.2. The molecule has 0 aliphatic carbocycles. The van der Waals surface area contributed by atoms with E-state index < -0.39 is 167 Å². The van der Waals surface area contributed by atoms with Crippen molar-refractivity contribution in [3.8, 4) is 0 Å². The number of carbonyl (C=O) groups excluding carboxylic acids is 3. The molecule has 636 valence electrons. The highest BCUT2D eigenvalue weighted by Gasteiger charge is 2.49. The van der Waals surface area contributed by atoms with Crippen LogP contribution in [-0.2, 0) is 124 Å². The smallest absolute Gasteiger partial charge is 0.217 e. The highest BCUT2D eigenvalue weighted by Crippen LogP contribution is 2.33. The van der Waals surface area contributed by atoms with Gasteiger partial charge in [-0.15, -0.1) is 20.4 Å². The van der Waals surface area contributed by atoms with Gasteiger partial charge >= 0.3 is 0 Å². The molecule has 4 aliphatic rings. The van der Waals surface area contributed by atoms with Crippen LogP contribution >= 0.6 is 0 Å². The number of carbonyl (C=O) groups is 3. The Hall–Kier alpha value is -6.07. The Morgan fingerprint density at radius 3 is 1.03 bits per heavy atom. The van der Waals surface area contributed by atoms with E-state index in [4.69, 9.17) is 56.8 Å². The van der Waals surface area contributed by atoms with E-state index in [0.29, 0.717) is 81.7 Å². The Balaban J connectivity index is 0.898. The summed E-state index contributed by atoms with van der Waals surface area (Å²) in [5.74, 6) is -1.99. The third kappa shape index (κ3) is 27.8. The zero-order chi connectivity index (χ0) is 81.0. The molecule has 21 atom stereocenters. The van der Waals surface area contributed by atoms with Crippen molar-refractivity contribution in [2.45, 2.75) is 243 Å². The maximum absolute atomic E-state index is 11.9. The average Bonchev–Trinajstić information content (AvgIpc) is 1.17. The molecule has 0 radical (unpaired) electrons. The lowest BCUT2D eigenvalue weighted by molar-refractivity contribution is -0.284. The van der Waals surface area contributed by atoms with Crippen LogP contribution in [0.15, 0.2) is 24.8 Å². The van der Waals surface area contributed by atoms with Crippen LogP contribution < -0.4 is 16.0 Å². The zero-order valence-corrected chi connectivity index (χ0v) is 64.5. The van der Waals surface area contributed by atoms with Gasteiger partial charge in [0.05, 0.1) is 161 Å². The summed E-state index contributed by atoms with van der Waals surface area (Å²) < 4.78 is 75.9. The van der Waals surface area contributed by atoms with E-state index in [1.54, 1.807) is 25.7 Å². The van der Waals surface area contributed by atoms with Gasteiger partial charge in [0.25, 0.3) is 0 Å². The lowest BCUT2D eigenvalue weighted by Gasteiger charge is -2.42. The molecule has 4 aromatic heterocycles. The van der Waals surface area contributed by atoms with E-state index in [2.05, 4.69) is 87.8 Å². The van der Waals surface area contributed by atoms with Gasteiger partial charge in [-0.05, 0) is 24.8 Å². The lowest BCUT2D eigenvalue weighted by atomic mass is 9.82. The summed E-state index contributed by atoms with van der Waals surface area (Å²) in [5.41, 5.74) is 2.37. The van der Waals surface area contributed by atoms with E-state index in [0.717, 1.165) is 19.3 Å². The predicted molar refractivity (Wildman–Crippen MR) is 381 cm³/mol. The second kappa shape index (κ2) is 46.0. The van der Waals surface area contributed by atoms with Gasteiger partial charge in [0.1, 0.15) is 85.3 Å². The Labute approximate surface area is 647 Å². The van der Waals surface area contributed by atoms with E-state index in [9.17, 15) is 75.7 Å². The number of aliphatic hydroxyl groups excluding tert-OH is 12. The van der Waals surface area contributed by atoms with Gasteiger partial charge in [0.15, 0.2) is 25.2 Å². The zero-order valence-electron chi connectivity index (χ0n) is 64.5. The topological polar surface area (TPSA) is 570 Å². The van der Waals surface area contributed by atoms with Gasteiger partial charge in [-0.2, -0.15) is 0 Å². The van der Waals surface area contributed by atoms with Crippen molar-refractivity contribution < 1.29 is 133 Å². The van der Waals surface area contributed by atoms with E-state index >= 15 is 0 Å². The van der Waals surface area contributed by atoms with Crippen LogP contribution in [0.4, 0.5) is 0 Å². The third-order valence-electron chi connectivity index (χ3n) is 19.3. The summed E-state index contributed by atoms with van der Waals surface area (Å²) in [6.45, 7) is 14.5. The van der Waals surface area contributed by atoms with Crippen LogP contribution in [0.1, 0.15) is 90.5 Å². The summed E-state index contributed by atoms with van der Waals surface area (Å²) in [4.78, 5) is 40.3. The fraction of sp³-hybridized carbons (Fsp3) is 0.838. The molecule has 8 heterocycles. The van der Waals surface area contributed by atoms with Gasteiger partial charge < -0.3 is 134 Å². The lowest BCUT2D eigenvalue weighted by Crippen LogP contribution is -2.64. The summed E-state index contributed by atoms with van der Waals surface area (Å²) in [7, 11) is 0. The molecule has 4 aliphatic heterocycles. The Kier molecular flexibility index (Phi) is 37.6. The van der Waals surface area contributed by atoms with Crippen LogP contribution in [0.3, 0.4) is 0 Å². The molecule has 4 fully saturated rings. The Bertz CT molecular complexity index is 3250. The summed E-state index contributed by atoms with van der Waals surface area (Å²) in [5, 5.41) is 166. The molecule has 3 unspecified atom stereocenters. The molecular weight excluding hydrogens is 1490 g/mol. The molecule has 4 aromatic rings. The van der Waals surface area contributed by atoms with Crippen molar-refractivity contribution in [1.29, 1.82) is 0 Å². The highest BCUT2D eigenvalue weighted by molar-refractivity contribution is 5.74. The number of aromatic nitrogens is 12. The van der Waals surface area contributed by atoms with Crippen molar-refractivity contribution in [2.75, 3.05) is 112 Å². The number of hydrogen-bond donors (Lipinski definition) is 15. The maximum Gasteiger partial charge on any atom is 0.217 e. The molecule has 0 bridgehead atoms. The maximum atomic E-state index is 11.9. The first-order valence-corrected chi connectivity index (χ1v) is 37.8. The number of nitrogens with one attached hydrogen (secondary N) is 3. The summed E-state index contributed by atoms with van der Waals surface area (Å²) in [6.07, 6.45) is -10.3. The molecule has 0 spiro atoms. The largest absolute Gasteiger partial charge is 0.394 e. The Morgan fingerprint density at radius 2 is 0.723 bits per heavy atom. The number of nitrogens with zero attached hydrogens (tertiary/aromatic N) is 14. The first-order valence-electron chi connectivity index (χ1n) is 37.8. The van der Waals surface area contributed by atoms with Crippen molar-refractivity contribution in [1.82, 2.24) is 85.7 Å². The minimum absolute atomic E-state index is 0.0129. The standard InChI is InChI=1S/C68H117N17O27/c1-40-56(93)57(94)48(36-86)109-64(40)105-24-20-101-18-14-84-34-46(74-78-84)30-81(31-47-35-85(79-75-47)15-19-104-23-27-108-67-55(71-43(4)92)63(100)60(97)51(39-89)112-67)52(68(5,6)7)10-8-9-11-80(28-44-32-82(76-72-44)12-16-102-21-25-106-65-53(69-41(2)90)61(98)58(95)49(37-87)110-65)29-45-33-83(77-73-45)13-17-103-22-26-107-66-54(70-42(3)91)62(99)59(96)50(38-88)111-66/h32-35,40,48-67,86-89,93-100H,8-31,36-39H2,1-7H3,(H,69,90)(H,70,91)(H,71,92)/t40?,48-,49-,50-,51-,52?,53-,54-,55-,56-,57+,58+,59+,60+,61-,62-,63-,64-,65-,66?,67-/m1/s1. The number of aliphatic hydroxyl groups is 12. The van der Waals surface area contributed by atoms with Crippen molar-refractivity contribution in [3.05, 3.63) is 47.6 Å². The van der Waals surface area contributed by atoms with Crippen LogP contribution in [0.2, 0.25) is 0 Å². The van der Waals surface area contributed by atoms with Gasteiger partial charge in [-0.3, -0.25) is 24.2 Å². The quantitative estimate of drug-likeness (QED) is 0.0183. The number of hydrogen-bond acceptors (Lipinski definition) is 37. The molecule has 3 amide bonds. The molecule has 44 nitrogen and oxygen atoms in total. The molecule has 15 N–H and O–H groups in total. The van der Waals surface area contributed by atoms with Gasteiger partial charge in [-0.25, -0.2) is 18.7 Å². The Morgan fingerprint density at radius 1 is 0.429 bits per heavy atom. The van der Waals surface area contributed by atoms with Crippen LogP contribution in [0.5, 0.6) is 0 Å². The SMILES string of the molecule is CC(=O)N[C@H]1[C@H](OCCOCCn2cc(CN(CCCCC(N(Cc3cn(CCOCCO[C@@H]4O[C@H](CO)[C@H](O)[C@H](O)C4C)nn3)Cc3cn(CCOCCO[C@@H]4O[C@H](CO)[C@H](O)[C@H](O)[C@H]4NC(C)=O)nn3)C(C)(C)C)Cc3cn(CCOCCOC4O[C@H](CO)[C@H](O)[C@H](O)[C@H]4NC(C)=O)nn3)nn2)O[C@H](CO)[C@H](O)[C@@H]1O. The normalized spacial score (nSPS) is 28.8. The van der Waals surface area contributed by atoms with E-state index in [1.807, 2.05) is 24.8 Å². The number of unbranched alkanes of at least 4 members (excludes halogenated alkanes) is 1. The van der Waals surface area contributed by atoms with E-state index in [1.165, 1.54) is 20.8 Å². The highest BCUT2D eigenvalue weighted by atomic mass is 16.7. The van der Waals surface area contributed by atoms with Crippen LogP contribution in [0, 0.1) is 11.3 Å². The monoisotopic (exact) mass is 1600 g/mol. The fourth-order valence-electron chi connectivity index (χ4n) is 13.5. The van der Waals surface area contributed by atoms with Crippen LogP contribution in [-0.4, -0.2) is 384 Å². The summed E-state index contributed by atoms with van der Waals surface area (Å²) >= 11 is 0. The second-order valence-corrected chi connectivity index (χ2v) is 29.2. The third-order valence-corrected chi connectivity index (χ3v) is 19.3. The summed E-state index contributed by atoms with van der Waals surface area (Å²) in [6, 6.07) is -3.37. The van der Waals surface area contributed by atoms with Crippen LogP contribution in [0.25, 0.3) is 0 Å². The molecule has 4 saturated heterocycles. The molecule has 44 heteroatoms. The molecule has 0 aromatic carbocycles. The van der Waals surface area contributed by atoms with Gasteiger partial charge in [0, 0.05) is 83.7 Å². The molecule has 8 rings (SSSR count). The van der Waals surface area contributed by atoms with Gasteiger partial charge in [-0.1, -0.05) is 55.0 Å². The molecular formula is C68H117N17O27. The van der Waals surface area contributed by atoms with Gasteiger partial charge in [0.2, 0.25) is 17.7 Å². The average molecular weight is 1600 g/mol. The minimum atomic E-state index is -1.46. The predicted octanol–water partition coefficient (Wildman–Crippen LogP) is -7.62. The fourth-order valence-corrected chi connectivity index (χ4v) is 13.5. The first kappa shape index (κ1) is 91.5. The number of amides is 3. The minimum Gasteiger partial charge on any atom is -0.394 e. The molecule has 112 heavy (non-hydrogen) atoms. The number of ether oxygens (including phenoxy) is 12.